The van der Waals surface area contributed by atoms with E-state index >= 15 is 0 Å². The van der Waals surface area contributed by atoms with Crippen LogP contribution in [0.1, 0.15) is 0 Å². The Labute approximate surface area is 95.4 Å². The molecule has 6 heteroatoms. The summed E-state index contributed by atoms with van der Waals surface area (Å²) in [7, 11) is 0. The van der Waals surface area contributed by atoms with Gasteiger partial charge in [0.05, 0.1) is 16.8 Å². The van der Waals surface area contributed by atoms with Gasteiger partial charge < -0.3 is 10.3 Å². The zero-order valence-corrected chi connectivity index (χ0v) is 9.04. The zero-order chi connectivity index (χ0) is 11.0. The van der Waals surface area contributed by atoms with E-state index in [0.717, 1.165) is 11.0 Å². The molecule has 2 heterocycles. The van der Waals surface area contributed by atoms with Crippen LogP contribution in [0, 0.1) is 0 Å². The molecule has 1 amide bonds. The van der Waals surface area contributed by atoms with E-state index in [1.165, 1.54) is 11.8 Å². The maximum Gasteiger partial charge on any atom is 0.236 e. The van der Waals surface area contributed by atoms with E-state index in [0.29, 0.717) is 16.9 Å². The highest BCUT2D eigenvalue weighted by atomic mass is 32.2. The maximum atomic E-state index is 11.0. The van der Waals surface area contributed by atoms with E-state index in [9.17, 15) is 4.79 Å². The minimum absolute atomic E-state index is 0.0140. The van der Waals surface area contributed by atoms with Crippen LogP contribution >= 0.6 is 11.8 Å². The fourth-order valence-electron chi connectivity index (χ4n) is 1.47. The molecule has 0 radical (unpaired) electrons. The Balaban J connectivity index is 1.97. The van der Waals surface area contributed by atoms with Gasteiger partial charge in [0.15, 0.2) is 5.17 Å². The summed E-state index contributed by atoms with van der Waals surface area (Å²) in [6, 6.07) is 7.71. The number of carbonyl (C=O) groups is 1. The number of amidine groups is 1. The van der Waals surface area contributed by atoms with Crippen LogP contribution in [-0.2, 0) is 4.79 Å². The Kier molecular flexibility index (Phi) is 2.14. The standard InChI is InChI=1S/C10H8N4OS/c15-8-5-16-10(13-8)14-9-11-6-3-1-2-4-7(6)12-9/h1-4H,5H2,(H2,11,12,13,14,15). The molecule has 1 saturated heterocycles. The smallest absolute Gasteiger partial charge is 0.236 e. The molecule has 0 aliphatic carbocycles. The number of imidazole rings is 1. The molecule has 1 aliphatic rings. The summed E-state index contributed by atoms with van der Waals surface area (Å²) in [5.41, 5.74) is 1.81. The third-order valence-electron chi connectivity index (χ3n) is 2.17. The van der Waals surface area contributed by atoms with Crippen LogP contribution in [0.25, 0.3) is 11.0 Å². The van der Waals surface area contributed by atoms with E-state index in [1.807, 2.05) is 24.3 Å². The first kappa shape index (κ1) is 9.41. The third kappa shape index (κ3) is 1.67. The van der Waals surface area contributed by atoms with E-state index in [4.69, 9.17) is 0 Å². The highest BCUT2D eigenvalue weighted by molar-refractivity contribution is 8.15. The number of thioether (sulfide) groups is 1. The number of rotatable bonds is 1. The number of fused-ring (bicyclic) bond motifs is 1. The van der Waals surface area contributed by atoms with Gasteiger partial charge in [0.1, 0.15) is 0 Å². The molecule has 1 aromatic heterocycles. The van der Waals surface area contributed by atoms with Gasteiger partial charge >= 0.3 is 0 Å². The minimum atomic E-state index is -0.0140. The fourth-order valence-corrected chi connectivity index (χ4v) is 2.15. The Morgan fingerprint density at radius 3 is 3.00 bits per heavy atom. The number of carbonyl (C=O) groups excluding carboxylic acids is 1. The molecule has 1 fully saturated rings. The van der Waals surface area contributed by atoms with E-state index in [-0.39, 0.29) is 5.91 Å². The van der Waals surface area contributed by atoms with Crippen molar-refractivity contribution in [3.63, 3.8) is 0 Å². The molecule has 1 aliphatic heterocycles. The van der Waals surface area contributed by atoms with Crippen molar-refractivity contribution in [3.8, 4) is 0 Å². The summed E-state index contributed by atoms with van der Waals surface area (Å²) in [4.78, 5) is 22.6. The SMILES string of the molecule is O=C1CS/C(=N/c2nc3ccccc3[nH]2)N1. The van der Waals surface area contributed by atoms with Crippen molar-refractivity contribution in [1.29, 1.82) is 0 Å². The molecular weight excluding hydrogens is 224 g/mol. The first-order valence-electron chi connectivity index (χ1n) is 4.77. The van der Waals surface area contributed by atoms with E-state index < -0.39 is 0 Å². The van der Waals surface area contributed by atoms with Gasteiger partial charge in [0, 0.05) is 0 Å². The second-order valence-electron chi connectivity index (χ2n) is 3.33. The Morgan fingerprint density at radius 1 is 1.38 bits per heavy atom. The summed E-state index contributed by atoms with van der Waals surface area (Å²) in [5, 5.41) is 3.26. The van der Waals surface area contributed by atoms with Crippen LogP contribution in [0.4, 0.5) is 5.95 Å². The second-order valence-corrected chi connectivity index (χ2v) is 4.30. The number of aliphatic imine (C=N–C) groups is 1. The fraction of sp³-hybridized carbons (Fsp3) is 0.100. The van der Waals surface area contributed by atoms with Crippen LogP contribution in [0.5, 0.6) is 0 Å². The van der Waals surface area contributed by atoms with Crippen molar-refractivity contribution in [3.05, 3.63) is 24.3 Å². The molecule has 5 nitrogen and oxygen atoms in total. The van der Waals surface area contributed by atoms with E-state index in [1.54, 1.807) is 0 Å². The quantitative estimate of drug-likeness (QED) is 0.781. The van der Waals surface area contributed by atoms with Gasteiger partial charge in [-0.1, -0.05) is 23.9 Å². The van der Waals surface area contributed by atoms with Crippen LogP contribution < -0.4 is 5.32 Å². The lowest BCUT2D eigenvalue weighted by Crippen LogP contribution is -2.19. The number of amides is 1. The lowest BCUT2D eigenvalue weighted by atomic mass is 10.3. The lowest BCUT2D eigenvalue weighted by molar-refractivity contribution is -0.116. The number of hydrogen-bond donors (Lipinski definition) is 2. The van der Waals surface area contributed by atoms with Gasteiger partial charge in [-0.05, 0) is 12.1 Å². The van der Waals surface area contributed by atoms with E-state index in [2.05, 4.69) is 20.3 Å². The van der Waals surface area contributed by atoms with Gasteiger partial charge in [-0.3, -0.25) is 4.79 Å². The van der Waals surface area contributed by atoms with Crippen molar-refractivity contribution in [2.24, 2.45) is 4.99 Å². The Hall–Kier alpha value is -1.82. The molecule has 2 aromatic rings. The summed E-state index contributed by atoms with van der Waals surface area (Å²) < 4.78 is 0. The van der Waals surface area contributed by atoms with Gasteiger partial charge in [-0.15, -0.1) is 0 Å². The molecule has 0 unspecified atom stereocenters. The van der Waals surface area contributed by atoms with Crippen LogP contribution in [-0.4, -0.2) is 26.8 Å². The van der Waals surface area contributed by atoms with Gasteiger partial charge in [-0.25, -0.2) is 4.98 Å². The number of benzene rings is 1. The summed E-state index contributed by atoms with van der Waals surface area (Å²) in [6.07, 6.45) is 0. The highest BCUT2D eigenvalue weighted by Gasteiger charge is 2.16. The molecule has 3 rings (SSSR count). The average Bonchev–Trinajstić information content (AvgIpc) is 2.84. The molecule has 0 bridgehead atoms. The Morgan fingerprint density at radius 2 is 2.25 bits per heavy atom. The first-order chi connectivity index (χ1) is 7.81. The largest absolute Gasteiger partial charge is 0.322 e. The van der Waals surface area contributed by atoms with Crippen LogP contribution in [0.3, 0.4) is 0 Å². The topological polar surface area (TPSA) is 70.1 Å². The first-order valence-corrected chi connectivity index (χ1v) is 5.76. The molecule has 0 spiro atoms. The second kappa shape index (κ2) is 3.64. The van der Waals surface area contributed by atoms with Gasteiger partial charge in [0.2, 0.25) is 11.9 Å². The molecule has 1 aromatic carbocycles. The summed E-state index contributed by atoms with van der Waals surface area (Å²) >= 11 is 1.38. The van der Waals surface area contributed by atoms with Gasteiger partial charge in [0.25, 0.3) is 0 Å². The molecule has 2 N–H and O–H groups in total. The molecule has 0 atom stereocenters. The number of H-pyrrole nitrogens is 1. The van der Waals surface area contributed by atoms with Crippen LogP contribution in [0.2, 0.25) is 0 Å². The number of nitrogens with one attached hydrogen (secondary N) is 2. The monoisotopic (exact) mass is 232 g/mol. The summed E-state index contributed by atoms with van der Waals surface area (Å²) in [5.74, 6) is 0.935. The molecule has 80 valence electrons. The van der Waals surface area contributed by atoms with Crippen molar-refractivity contribution >= 4 is 39.8 Å². The number of aromatic amines is 1. The normalized spacial score (nSPS) is 18.2. The molecule has 0 saturated carbocycles. The van der Waals surface area contributed by atoms with Crippen molar-refractivity contribution in [1.82, 2.24) is 15.3 Å². The predicted octanol–water partition coefficient (Wildman–Crippen LogP) is 1.41. The zero-order valence-electron chi connectivity index (χ0n) is 8.23. The van der Waals surface area contributed by atoms with Crippen molar-refractivity contribution in [2.75, 3.05) is 5.75 Å². The van der Waals surface area contributed by atoms with Crippen molar-refractivity contribution < 1.29 is 4.79 Å². The summed E-state index contributed by atoms with van der Waals surface area (Å²) in [6.45, 7) is 0. The number of nitrogens with zero attached hydrogens (tertiary/aromatic N) is 2. The van der Waals surface area contributed by atoms with Crippen molar-refractivity contribution in [2.45, 2.75) is 0 Å². The molecule has 16 heavy (non-hydrogen) atoms. The third-order valence-corrected chi connectivity index (χ3v) is 3.04. The highest BCUT2D eigenvalue weighted by Crippen LogP contribution is 2.18. The number of aromatic nitrogens is 2. The van der Waals surface area contributed by atoms with Crippen LogP contribution in [0.15, 0.2) is 29.3 Å². The predicted molar refractivity (Wildman–Crippen MR) is 63.8 cm³/mol. The lowest BCUT2D eigenvalue weighted by Gasteiger charge is -1.91. The van der Waals surface area contributed by atoms with Gasteiger partial charge in [-0.2, -0.15) is 4.99 Å². The Bertz CT molecular complexity index is 556. The molecular formula is C10H8N4OS. The number of para-hydroxylation sites is 2. The number of hydrogen-bond acceptors (Lipinski definition) is 4. The maximum absolute atomic E-state index is 11.0. The average molecular weight is 232 g/mol. The minimum Gasteiger partial charge on any atom is -0.322 e.